The summed E-state index contributed by atoms with van der Waals surface area (Å²) < 4.78 is 0.973. The van der Waals surface area contributed by atoms with E-state index >= 15 is 0 Å². The molecule has 0 saturated heterocycles. The van der Waals surface area contributed by atoms with Crippen LogP contribution in [-0.4, -0.2) is 11.5 Å². The van der Waals surface area contributed by atoms with Crippen LogP contribution in [0, 0.1) is 11.3 Å². The van der Waals surface area contributed by atoms with Crippen molar-refractivity contribution >= 4 is 27.5 Å². The molecule has 2 rings (SSSR count). The van der Waals surface area contributed by atoms with Gasteiger partial charge in [-0.15, -0.1) is 0 Å². The van der Waals surface area contributed by atoms with Crippen LogP contribution in [0.5, 0.6) is 0 Å². The van der Waals surface area contributed by atoms with Crippen LogP contribution in [-0.2, 0) is 0 Å². The molecule has 2 N–H and O–H groups in total. The summed E-state index contributed by atoms with van der Waals surface area (Å²) in [6.45, 7) is 5.17. The van der Waals surface area contributed by atoms with Crippen LogP contribution in [0.1, 0.15) is 25.3 Å². The molecule has 0 amide bonds. The number of hydrogen-bond donors (Lipinski definition) is 1. The van der Waals surface area contributed by atoms with Crippen molar-refractivity contribution < 1.29 is 0 Å². The molecule has 0 radical (unpaired) electrons. The lowest BCUT2D eigenvalue weighted by Gasteiger charge is -2.05. The van der Waals surface area contributed by atoms with Gasteiger partial charge in [0.1, 0.15) is 5.15 Å². The Kier molecular flexibility index (Phi) is 2.82. The monoisotopic (exact) mass is 288 g/mol. The summed E-state index contributed by atoms with van der Waals surface area (Å²) in [7, 11) is 0. The third-order valence-corrected chi connectivity index (χ3v) is 4.22. The fourth-order valence-electron chi connectivity index (χ4n) is 2.46. The smallest absolute Gasteiger partial charge is 0.132 e. The van der Waals surface area contributed by atoms with Gasteiger partial charge in [0.15, 0.2) is 0 Å². The minimum Gasteiger partial charge on any atom is -0.330 e. The maximum absolute atomic E-state index is 6.11. The molecule has 0 spiro atoms. The lowest BCUT2D eigenvalue weighted by molar-refractivity contribution is 0.558. The summed E-state index contributed by atoms with van der Waals surface area (Å²) >= 11 is 9.53. The largest absolute Gasteiger partial charge is 0.330 e. The molecule has 1 aliphatic rings. The van der Waals surface area contributed by atoms with Crippen LogP contribution < -0.4 is 5.73 Å². The van der Waals surface area contributed by atoms with Crippen LogP contribution in [0.15, 0.2) is 16.7 Å². The zero-order chi connectivity index (χ0) is 11.2. The topological polar surface area (TPSA) is 38.9 Å². The van der Waals surface area contributed by atoms with E-state index in [1.807, 2.05) is 0 Å². The van der Waals surface area contributed by atoms with Gasteiger partial charge < -0.3 is 5.73 Å². The van der Waals surface area contributed by atoms with Crippen molar-refractivity contribution in [3.8, 4) is 0 Å². The number of hydrogen-bond acceptors (Lipinski definition) is 2. The van der Waals surface area contributed by atoms with Crippen molar-refractivity contribution in [2.24, 2.45) is 17.1 Å². The molecule has 2 nitrogen and oxygen atoms in total. The maximum atomic E-state index is 6.11. The molecule has 1 aromatic heterocycles. The Hall–Kier alpha value is -0.120. The van der Waals surface area contributed by atoms with Gasteiger partial charge in [-0.3, -0.25) is 0 Å². The number of halogens is 2. The van der Waals surface area contributed by atoms with Gasteiger partial charge in [-0.1, -0.05) is 25.4 Å². The second kappa shape index (κ2) is 3.72. The van der Waals surface area contributed by atoms with Crippen molar-refractivity contribution in [1.29, 1.82) is 0 Å². The minimum absolute atomic E-state index is 0.251. The quantitative estimate of drug-likeness (QED) is 0.849. The number of nitrogens with two attached hydrogens (primary N) is 1. The summed E-state index contributed by atoms with van der Waals surface area (Å²) in [5.74, 6) is 0.964. The molecule has 15 heavy (non-hydrogen) atoms. The Balaban J connectivity index is 2.36. The molecule has 1 saturated carbocycles. The standard InChI is InChI=1S/C11H14BrClN2/c1-11(2)8(4-14)9(11)7-3-6(12)5-15-10(7)13/h3,5,8-9H,4,14H2,1-2H3/t8-,9-/m1/s1. The van der Waals surface area contributed by atoms with Crippen LogP contribution in [0.25, 0.3) is 0 Å². The van der Waals surface area contributed by atoms with Gasteiger partial charge in [0, 0.05) is 10.7 Å². The third-order valence-electron chi connectivity index (χ3n) is 3.47. The summed E-state index contributed by atoms with van der Waals surface area (Å²) in [4.78, 5) is 4.15. The van der Waals surface area contributed by atoms with Crippen molar-refractivity contribution in [3.05, 3.63) is 27.5 Å². The molecule has 2 atom stereocenters. The van der Waals surface area contributed by atoms with E-state index in [-0.39, 0.29) is 5.41 Å². The van der Waals surface area contributed by atoms with E-state index < -0.39 is 0 Å². The molecule has 0 aromatic carbocycles. The molecule has 1 heterocycles. The molecule has 82 valence electrons. The lowest BCUT2D eigenvalue weighted by Crippen LogP contribution is -2.05. The zero-order valence-corrected chi connectivity index (χ0v) is 11.1. The first-order valence-corrected chi connectivity index (χ1v) is 6.16. The highest BCUT2D eigenvalue weighted by Gasteiger charge is 2.58. The van der Waals surface area contributed by atoms with Gasteiger partial charge in [-0.2, -0.15) is 0 Å². The lowest BCUT2D eigenvalue weighted by atomic mass is 10.1. The van der Waals surface area contributed by atoms with E-state index in [1.54, 1.807) is 6.20 Å². The second-order valence-corrected chi connectivity index (χ2v) is 5.95. The normalized spacial score (nSPS) is 27.8. The highest BCUT2D eigenvalue weighted by atomic mass is 79.9. The summed E-state index contributed by atoms with van der Waals surface area (Å²) in [5.41, 5.74) is 7.12. The Morgan fingerprint density at radius 1 is 1.60 bits per heavy atom. The van der Waals surface area contributed by atoms with E-state index in [9.17, 15) is 0 Å². The van der Waals surface area contributed by atoms with Gasteiger partial charge in [0.05, 0.1) is 0 Å². The van der Waals surface area contributed by atoms with E-state index in [0.29, 0.717) is 23.5 Å². The molecule has 0 bridgehead atoms. The Bertz CT molecular complexity index is 392. The summed E-state index contributed by atoms with van der Waals surface area (Å²) in [6.07, 6.45) is 1.72. The first-order chi connectivity index (χ1) is 6.98. The molecule has 1 aromatic rings. The van der Waals surface area contributed by atoms with Gasteiger partial charge in [0.25, 0.3) is 0 Å². The predicted octanol–water partition coefficient (Wildman–Crippen LogP) is 3.20. The number of rotatable bonds is 2. The Morgan fingerprint density at radius 2 is 2.27 bits per heavy atom. The van der Waals surface area contributed by atoms with Crippen LogP contribution >= 0.6 is 27.5 Å². The van der Waals surface area contributed by atoms with E-state index in [4.69, 9.17) is 17.3 Å². The highest BCUT2D eigenvalue weighted by molar-refractivity contribution is 9.10. The first-order valence-electron chi connectivity index (χ1n) is 4.99. The fraction of sp³-hybridized carbons (Fsp3) is 0.545. The second-order valence-electron chi connectivity index (χ2n) is 4.67. The fourth-order valence-corrected chi connectivity index (χ4v) is 3.03. The van der Waals surface area contributed by atoms with E-state index in [2.05, 4.69) is 40.8 Å². The van der Waals surface area contributed by atoms with Crippen LogP contribution in [0.3, 0.4) is 0 Å². The molecule has 1 aliphatic carbocycles. The van der Waals surface area contributed by atoms with Gasteiger partial charge in [-0.05, 0) is 51.4 Å². The SMILES string of the molecule is CC1(C)[C@H](CN)[C@H]1c1cc(Br)cnc1Cl. The van der Waals surface area contributed by atoms with Crippen molar-refractivity contribution in [3.63, 3.8) is 0 Å². The molecular formula is C11H14BrClN2. The maximum Gasteiger partial charge on any atom is 0.132 e. The number of nitrogens with zero attached hydrogens (tertiary/aromatic N) is 1. The molecule has 4 heteroatoms. The first kappa shape index (κ1) is 11.4. The summed E-state index contributed by atoms with van der Waals surface area (Å²) in [6, 6.07) is 2.05. The molecule has 1 fully saturated rings. The van der Waals surface area contributed by atoms with Crippen molar-refractivity contribution in [1.82, 2.24) is 4.98 Å². The van der Waals surface area contributed by atoms with E-state index in [0.717, 1.165) is 10.0 Å². The van der Waals surface area contributed by atoms with Crippen molar-refractivity contribution in [2.45, 2.75) is 19.8 Å². The summed E-state index contributed by atoms with van der Waals surface area (Å²) in [5, 5.41) is 0.604. The van der Waals surface area contributed by atoms with Gasteiger partial charge >= 0.3 is 0 Å². The third kappa shape index (κ3) is 1.81. The minimum atomic E-state index is 0.251. The molecule has 0 aliphatic heterocycles. The van der Waals surface area contributed by atoms with Crippen LogP contribution in [0.4, 0.5) is 0 Å². The average Bonchev–Trinajstić information content (AvgIpc) is 2.72. The van der Waals surface area contributed by atoms with Gasteiger partial charge in [-0.25, -0.2) is 4.98 Å². The number of aromatic nitrogens is 1. The number of pyridine rings is 1. The molecular weight excluding hydrogens is 275 g/mol. The predicted molar refractivity (Wildman–Crippen MR) is 66.0 cm³/mol. The Morgan fingerprint density at radius 3 is 2.80 bits per heavy atom. The molecule has 0 unspecified atom stereocenters. The Labute approximate surface area is 103 Å². The van der Waals surface area contributed by atoms with Crippen molar-refractivity contribution in [2.75, 3.05) is 6.54 Å². The van der Waals surface area contributed by atoms with Crippen LogP contribution in [0.2, 0.25) is 5.15 Å². The van der Waals surface area contributed by atoms with Gasteiger partial charge in [0.2, 0.25) is 0 Å². The zero-order valence-electron chi connectivity index (χ0n) is 8.80. The highest BCUT2D eigenvalue weighted by Crippen LogP contribution is 2.64. The van der Waals surface area contributed by atoms with E-state index in [1.165, 1.54) is 0 Å². The average molecular weight is 290 g/mol.